The lowest BCUT2D eigenvalue weighted by Crippen LogP contribution is -2.54. The Labute approximate surface area is 204 Å². The van der Waals surface area contributed by atoms with Crippen molar-refractivity contribution in [3.63, 3.8) is 0 Å². The van der Waals surface area contributed by atoms with E-state index < -0.39 is 11.6 Å². The first-order valence-corrected chi connectivity index (χ1v) is 11.9. The van der Waals surface area contributed by atoms with Gasteiger partial charge in [-0.15, -0.1) is 0 Å². The van der Waals surface area contributed by atoms with E-state index in [1.807, 2.05) is 113 Å². The van der Waals surface area contributed by atoms with Gasteiger partial charge in [-0.1, -0.05) is 90.0 Å². The summed E-state index contributed by atoms with van der Waals surface area (Å²) in [6.07, 6.45) is 0.703. The molecule has 178 valence electrons. The number of rotatable bonds is 8. The van der Waals surface area contributed by atoms with Crippen LogP contribution in [0.15, 0.2) is 78.9 Å². The topological polar surface area (TPSA) is 49.4 Å². The van der Waals surface area contributed by atoms with E-state index in [9.17, 15) is 9.59 Å². The lowest BCUT2D eigenvalue weighted by molar-refractivity contribution is -0.141. The molecule has 0 unspecified atom stereocenters. The van der Waals surface area contributed by atoms with Crippen molar-refractivity contribution in [2.24, 2.45) is 0 Å². The maximum Gasteiger partial charge on any atom is 0.243 e. The zero-order valence-corrected chi connectivity index (χ0v) is 21.0. The van der Waals surface area contributed by atoms with Gasteiger partial charge in [-0.3, -0.25) is 9.59 Å². The van der Waals surface area contributed by atoms with Crippen molar-refractivity contribution in [2.45, 2.75) is 65.6 Å². The highest BCUT2D eigenvalue weighted by Crippen LogP contribution is 2.18. The van der Waals surface area contributed by atoms with Gasteiger partial charge in [0.1, 0.15) is 6.04 Å². The van der Waals surface area contributed by atoms with Crippen LogP contribution in [0.5, 0.6) is 0 Å². The van der Waals surface area contributed by atoms with E-state index in [4.69, 9.17) is 0 Å². The largest absolute Gasteiger partial charge is 0.350 e. The third kappa shape index (κ3) is 7.58. The lowest BCUT2D eigenvalue weighted by Gasteiger charge is -2.34. The minimum Gasteiger partial charge on any atom is -0.350 e. The second kappa shape index (κ2) is 11.1. The predicted octanol–water partition coefficient (Wildman–Crippen LogP) is 5.40. The molecule has 2 amide bonds. The molecule has 3 aromatic carbocycles. The maximum atomic E-state index is 13.7. The van der Waals surface area contributed by atoms with Crippen molar-refractivity contribution in [1.82, 2.24) is 10.2 Å². The van der Waals surface area contributed by atoms with E-state index in [2.05, 4.69) is 5.32 Å². The number of nitrogens with one attached hydrogen (secondary N) is 1. The van der Waals surface area contributed by atoms with E-state index in [0.717, 1.165) is 27.8 Å². The van der Waals surface area contributed by atoms with Gasteiger partial charge in [-0.05, 0) is 51.3 Å². The van der Waals surface area contributed by atoms with Crippen LogP contribution in [-0.2, 0) is 29.0 Å². The first-order valence-electron chi connectivity index (χ1n) is 11.9. The van der Waals surface area contributed by atoms with Crippen LogP contribution in [0.1, 0.15) is 48.6 Å². The predicted molar refractivity (Wildman–Crippen MR) is 138 cm³/mol. The SMILES string of the molecule is Cc1ccc(CC(=O)N(Cc2ccc(C)cc2)[C@@H](Cc2ccccc2)C(=O)NC(C)(C)C)cc1. The molecule has 0 spiro atoms. The standard InChI is InChI=1S/C30H36N2O2/c1-22-11-15-25(16-12-22)20-28(33)32(21-26-17-13-23(2)14-18-26)27(29(34)31-30(3,4)5)19-24-9-7-6-8-10-24/h6-18,27H,19-21H2,1-5H3,(H,31,34)/t27-/m0/s1. The molecular formula is C30H36N2O2. The molecule has 4 nitrogen and oxygen atoms in total. The smallest absolute Gasteiger partial charge is 0.243 e. The third-order valence-electron chi connectivity index (χ3n) is 5.72. The number of carbonyl (C=O) groups is 2. The van der Waals surface area contributed by atoms with E-state index >= 15 is 0 Å². The summed E-state index contributed by atoms with van der Waals surface area (Å²) < 4.78 is 0. The number of hydrogen-bond acceptors (Lipinski definition) is 2. The third-order valence-corrected chi connectivity index (χ3v) is 5.72. The van der Waals surface area contributed by atoms with Gasteiger partial charge < -0.3 is 10.2 Å². The fraction of sp³-hybridized carbons (Fsp3) is 0.333. The molecule has 4 heteroatoms. The van der Waals surface area contributed by atoms with Crippen LogP contribution < -0.4 is 5.32 Å². The molecule has 3 aromatic rings. The van der Waals surface area contributed by atoms with E-state index in [1.54, 1.807) is 4.90 Å². The molecule has 0 saturated heterocycles. The van der Waals surface area contributed by atoms with Crippen LogP contribution in [0, 0.1) is 13.8 Å². The molecule has 1 atom stereocenters. The van der Waals surface area contributed by atoms with Crippen molar-refractivity contribution in [3.05, 3.63) is 107 Å². The molecule has 0 aliphatic heterocycles. The van der Waals surface area contributed by atoms with Gasteiger partial charge in [0.15, 0.2) is 0 Å². The Morgan fingerprint density at radius 3 is 1.82 bits per heavy atom. The second-order valence-electron chi connectivity index (χ2n) is 10.1. The number of benzene rings is 3. The number of amides is 2. The van der Waals surface area contributed by atoms with Crippen LogP contribution in [-0.4, -0.2) is 28.3 Å². The summed E-state index contributed by atoms with van der Waals surface area (Å²) in [5.41, 5.74) is 4.88. The number of nitrogens with zero attached hydrogens (tertiary/aromatic N) is 1. The Hall–Kier alpha value is -3.40. The van der Waals surface area contributed by atoms with Crippen molar-refractivity contribution >= 4 is 11.8 Å². The van der Waals surface area contributed by atoms with Crippen LogP contribution >= 0.6 is 0 Å². The fourth-order valence-corrected chi connectivity index (χ4v) is 3.88. The molecule has 0 fully saturated rings. The summed E-state index contributed by atoms with van der Waals surface area (Å²) >= 11 is 0. The summed E-state index contributed by atoms with van der Waals surface area (Å²) in [6.45, 7) is 10.3. The molecule has 0 aliphatic rings. The molecule has 34 heavy (non-hydrogen) atoms. The summed E-state index contributed by atoms with van der Waals surface area (Å²) in [5.74, 6) is -0.199. The Morgan fingerprint density at radius 1 is 0.765 bits per heavy atom. The van der Waals surface area contributed by atoms with Gasteiger partial charge in [-0.2, -0.15) is 0 Å². The van der Waals surface area contributed by atoms with Gasteiger partial charge in [0.25, 0.3) is 0 Å². The molecule has 0 aromatic heterocycles. The van der Waals surface area contributed by atoms with Crippen LogP contribution in [0.4, 0.5) is 0 Å². The highest BCUT2D eigenvalue weighted by atomic mass is 16.2. The summed E-state index contributed by atoms with van der Waals surface area (Å²) in [5, 5.41) is 3.11. The van der Waals surface area contributed by atoms with Crippen molar-refractivity contribution < 1.29 is 9.59 Å². The average Bonchev–Trinajstić information content (AvgIpc) is 2.78. The normalized spacial score (nSPS) is 12.1. The monoisotopic (exact) mass is 456 g/mol. The molecule has 3 rings (SSSR count). The van der Waals surface area contributed by atoms with Crippen molar-refractivity contribution in [3.8, 4) is 0 Å². The average molecular weight is 457 g/mol. The molecule has 0 heterocycles. The minimum absolute atomic E-state index is 0.0607. The first kappa shape index (κ1) is 25.2. The Bertz CT molecular complexity index is 1080. The highest BCUT2D eigenvalue weighted by molar-refractivity contribution is 5.89. The summed E-state index contributed by atoms with van der Waals surface area (Å²) in [6, 6.07) is 25.4. The lowest BCUT2D eigenvalue weighted by atomic mass is 9.99. The molecule has 0 saturated carbocycles. The first-order chi connectivity index (χ1) is 16.1. The minimum atomic E-state index is -0.624. The number of aryl methyl sites for hydroxylation is 2. The van der Waals surface area contributed by atoms with Gasteiger partial charge in [0, 0.05) is 18.5 Å². The van der Waals surface area contributed by atoms with E-state index in [0.29, 0.717) is 13.0 Å². The zero-order valence-electron chi connectivity index (χ0n) is 21.0. The second-order valence-corrected chi connectivity index (χ2v) is 10.1. The van der Waals surface area contributed by atoms with Gasteiger partial charge in [0.05, 0.1) is 6.42 Å². The van der Waals surface area contributed by atoms with Gasteiger partial charge >= 0.3 is 0 Å². The zero-order chi connectivity index (χ0) is 24.7. The van der Waals surface area contributed by atoms with Crippen molar-refractivity contribution in [1.29, 1.82) is 0 Å². The van der Waals surface area contributed by atoms with E-state index in [1.165, 1.54) is 0 Å². The van der Waals surface area contributed by atoms with Crippen LogP contribution in [0.25, 0.3) is 0 Å². The van der Waals surface area contributed by atoms with Crippen LogP contribution in [0.3, 0.4) is 0 Å². The summed E-state index contributed by atoms with van der Waals surface area (Å²) in [4.78, 5) is 29.0. The van der Waals surface area contributed by atoms with E-state index in [-0.39, 0.29) is 18.2 Å². The molecule has 1 N–H and O–H groups in total. The Kier molecular flexibility index (Phi) is 8.27. The number of hydrogen-bond donors (Lipinski definition) is 1. The van der Waals surface area contributed by atoms with Gasteiger partial charge in [-0.25, -0.2) is 0 Å². The Morgan fingerprint density at radius 2 is 1.29 bits per heavy atom. The number of carbonyl (C=O) groups excluding carboxylic acids is 2. The van der Waals surface area contributed by atoms with Crippen LogP contribution in [0.2, 0.25) is 0 Å². The van der Waals surface area contributed by atoms with Gasteiger partial charge in [0.2, 0.25) is 11.8 Å². The highest BCUT2D eigenvalue weighted by Gasteiger charge is 2.32. The maximum absolute atomic E-state index is 13.7. The molecule has 0 radical (unpaired) electrons. The molecule has 0 aliphatic carbocycles. The Balaban J connectivity index is 1.97. The summed E-state index contributed by atoms with van der Waals surface area (Å²) in [7, 11) is 0. The van der Waals surface area contributed by atoms with Crippen molar-refractivity contribution in [2.75, 3.05) is 0 Å². The quantitative estimate of drug-likeness (QED) is 0.493. The molecular weight excluding hydrogens is 420 g/mol. The fourth-order valence-electron chi connectivity index (χ4n) is 3.88. The molecule has 0 bridgehead atoms.